The first kappa shape index (κ1) is 10.5. The van der Waals surface area contributed by atoms with Crippen LogP contribution in [0.15, 0.2) is 0 Å². The highest BCUT2D eigenvalue weighted by Gasteiger charge is 2.43. The second-order valence-corrected chi connectivity index (χ2v) is 4.46. The van der Waals surface area contributed by atoms with Crippen molar-refractivity contribution in [2.24, 2.45) is 11.8 Å². The Kier molecular flexibility index (Phi) is 2.94. The van der Waals surface area contributed by atoms with E-state index in [0.717, 1.165) is 19.6 Å². The van der Waals surface area contributed by atoms with Gasteiger partial charge in [-0.05, 0) is 12.8 Å². The highest BCUT2D eigenvalue weighted by Crippen LogP contribution is 2.28. The summed E-state index contributed by atoms with van der Waals surface area (Å²) in [6.45, 7) is 8.20. The molecule has 1 heterocycles. The molecule has 0 aromatic heterocycles. The van der Waals surface area contributed by atoms with Crippen LogP contribution < -0.4 is 0 Å². The van der Waals surface area contributed by atoms with Crippen LogP contribution in [0.5, 0.6) is 0 Å². The van der Waals surface area contributed by atoms with Crippen molar-refractivity contribution < 1.29 is 5.11 Å². The fourth-order valence-corrected chi connectivity index (χ4v) is 1.65. The van der Waals surface area contributed by atoms with Gasteiger partial charge in [-0.25, -0.2) is 0 Å². The normalized spacial score (nSPS) is 23.7. The first-order valence-electron chi connectivity index (χ1n) is 4.82. The summed E-state index contributed by atoms with van der Waals surface area (Å²) in [5.74, 6) is 0.373. The fraction of sp³-hybridized carbons (Fsp3) is 0.900. The van der Waals surface area contributed by atoms with Crippen LogP contribution in [-0.4, -0.2) is 35.2 Å². The Hall–Kier alpha value is -0.590. The molecule has 1 unspecified atom stereocenters. The lowest BCUT2D eigenvalue weighted by Crippen LogP contribution is -2.64. The van der Waals surface area contributed by atoms with Crippen LogP contribution in [-0.2, 0) is 0 Å². The maximum Gasteiger partial charge on any atom is 0.0922 e. The second kappa shape index (κ2) is 3.65. The van der Waals surface area contributed by atoms with E-state index in [1.165, 1.54) is 0 Å². The Balaban J connectivity index is 2.30. The lowest BCUT2D eigenvalue weighted by Gasteiger charge is -2.49. The molecule has 1 fully saturated rings. The van der Waals surface area contributed by atoms with Crippen molar-refractivity contribution in [1.82, 2.24) is 4.90 Å². The molecule has 0 saturated carbocycles. The monoisotopic (exact) mass is 182 g/mol. The van der Waals surface area contributed by atoms with E-state index in [2.05, 4.69) is 11.0 Å². The molecule has 0 aliphatic carbocycles. The Bertz CT molecular complexity index is 213. The Morgan fingerprint density at radius 1 is 1.46 bits per heavy atom. The molecule has 0 radical (unpaired) electrons. The first-order valence-corrected chi connectivity index (χ1v) is 4.82. The van der Waals surface area contributed by atoms with Gasteiger partial charge in [0, 0.05) is 19.6 Å². The zero-order valence-corrected chi connectivity index (χ0v) is 8.62. The third-order valence-electron chi connectivity index (χ3n) is 2.82. The van der Waals surface area contributed by atoms with E-state index >= 15 is 0 Å². The van der Waals surface area contributed by atoms with Gasteiger partial charge < -0.3 is 5.11 Å². The van der Waals surface area contributed by atoms with Crippen LogP contribution in [0.1, 0.15) is 20.8 Å². The largest absolute Gasteiger partial charge is 0.387 e. The van der Waals surface area contributed by atoms with E-state index in [9.17, 15) is 5.11 Å². The summed E-state index contributed by atoms with van der Waals surface area (Å²) in [7, 11) is 0. The molecule has 1 saturated heterocycles. The minimum atomic E-state index is -0.505. The molecule has 3 nitrogen and oxygen atoms in total. The molecule has 0 spiro atoms. The number of rotatable bonds is 3. The summed E-state index contributed by atoms with van der Waals surface area (Å²) >= 11 is 0. The quantitative estimate of drug-likeness (QED) is 0.704. The molecule has 1 N–H and O–H groups in total. The van der Waals surface area contributed by atoms with Gasteiger partial charge in [0.1, 0.15) is 0 Å². The average Bonchev–Trinajstić information content (AvgIpc) is 2.00. The number of hydrogen-bond donors (Lipinski definition) is 1. The predicted molar refractivity (Wildman–Crippen MR) is 51.0 cm³/mol. The lowest BCUT2D eigenvalue weighted by atomic mass is 9.82. The molecule has 0 aromatic carbocycles. The summed E-state index contributed by atoms with van der Waals surface area (Å²) in [5, 5.41) is 18.5. The van der Waals surface area contributed by atoms with Crippen LogP contribution in [0.2, 0.25) is 0 Å². The molecular formula is C10H18N2O. The molecule has 1 atom stereocenters. The smallest absolute Gasteiger partial charge is 0.0922 e. The summed E-state index contributed by atoms with van der Waals surface area (Å²) in [6, 6.07) is 2.20. The molecular weight excluding hydrogens is 164 g/mol. The zero-order chi connectivity index (χ0) is 10.1. The standard InChI is InChI=1S/C10H18N2O/c1-8(2)10(13)6-12(7-10)5-9(3)4-11/h8-9,13H,5-7H2,1-3H3. The van der Waals surface area contributed by atoms with Crippen molar-refractivity contribution in [1.29, 1.82) is 5.26 Å². The van der Waals surface area contributed by atoms with Crippen molar-refractivity contribution in [3.63, 3.8) is 0 Å². The van der Waals surface area contributed by atoms with E-state index in [4.69, 9.17) is 5.26 Å². The van der Waals surface area contributed by atoms with E-state index in [-0.39, 0.29) is 5.92 Å². The number of aliphatic hydroxyl groups is 1. The minimum absolute atomic E-state index is 0.0664. The van der Waals surface area contributed by atoms with Gasteiger partial charge in [0.25, 0.3) is 0 Å². The third kappa shape index (κ3) is 2.20. The number of β-amino-alcohol motifs (C(OH)–C–C–N with tert-alkyl or cyclic N) is 1. The maximum atomic E-state index is 9.92. The highest BCUT2D eigenvalue weighted by molar-refractivity contribution is 4.99. The van der Waals surface area contributed by atoms with Gasteiger partial charge >= 0.3 is 0 Å². The van der Waals surface area contributed by atoms with E-state index < -0.39 is 5.60 Å². The molecule has 3 heteroatoms. The molecule has 1 aliphatic heterocycles. The van der Waals surface area contributed by atoms with Gasteiger partial charge in [-0.3, -0.25) is 4.90 Å². The Labute approximate surface area is 80.0 Å². The molecule has 0 aromatic rings. The van der Waals surface area contributed by atoms with Crippen molar-refractivity contribution in [3.05, 3.63) is 0 Å². The highest BCUT2D eigenvalue weighted by atomic mass is 16.3. The summed E-state index contributed by atoms with van der Waals surface area (Å²) in [4.78, 5) is 2.13. The minimum Gasteiger partial charge on any atom is -0.387 e. The lowest BCUT2D eigenvalue weighted by molar-refractivity contribution is -0.129. The maximum absolute atomic E-state index is 9.92. The van der Waals surface area contributed by atoms with Crippen LogP contribution in [0.3, 0.4) is 0 Å². The molecule has 0 amide bonds. The van der Waals surface area contributed by atoms with Crippen molar-refractivity contribution in [2.45, 2.75) is 26.4 Å². The van der Waals surface area contributed by atoms with Crippen LogP contribution in [0.25, 0.3) is 0 Å². The first-order chi connectivity index (χ1) is 5.98. The number of likely N-dealkylation sites (tertiary alicyclic amines) is 1. The van der Waals surface area contributed by atoms with Crippen LogP contribution in [0, 0.1) is 23.2 Å². The predicted octanol–water partition coefficient (Wildman–Crippen LogP) is 0.849. The molecule has 1 aliphatic rings. The molecule has 74 valence electrons. The van der Waals surface area contributed by atoms with E-state index in [1.807, 2.05) is 20.8 Å². The molecule has 1 rings (SSSR count). The van der Waals surface area contributed by atoms with Crippen LogP contribution in [0.4, 0.5) is 0 Å². The van der Waals surface area contributed by atoms with Gasteiger partial charge in [-0.2, -0.15) is 5.26 Å². The van der Waals surface area contributed by atoms with Gasteiger partial charge in [0.2, 0.25) is 0 Å². The summed E-state index contributed by atoms with van der Waals surface area (Å²) in [6.07, 6.45) is 0. The fourth-order valence-electron chi connectivity index (χ4n) is 1.65. The number of nitriles is 1. The SMILES string of the molecule is CC(C#N)CN1CC(O)(C(C)C)C1. The van der Waals surface area contributed by atoms with Crippen molar-refractivity contribution in [3.8, 4) is 6.07 Å². The second-order valence-electron chi connectivity index (χ2n) is 4.46. The summed E-state index contributed by atoms with van der Waals surface area (Å²) < 4.78 is 0. The van der Waals surface area contributed by atoms with Crippen molar-refractivity contribution >= 4 is 0 Å². The van der Waals surface area contributed by atoms with Crippen LogP contribution >= 0.6 is 0 Å². The summed E-state index contributed by atoms with van der Waals surface area (Å²) in [5.41, 5.74) is -0.505. The topological polar surface area (TPSA) is 47.3 Å². The molecule has 0 bridgehead atoms. The van der Waals surface area contributed by atoms with Gasteiger partial charge in [0.15, 0.2) is 0 Å². The van der Waals surface area contributed by atoms with Gasteiger partial charge in [0.05, 0.1) is 17.6 Å². The van der Waals surface area contributed by atoms with E-state index in [1.54, 1.807) is 0 Å². The zero-order valence-electron chi connectivity index (χ0n) is 8.62. The van der Waals surface area contributed by atoms with Crippen molar-refractivity contribution in [2.75, 3.05) is 19.6 Å². The number of nitrogens with zero attached hydrogens (tertiary/aromatic N) is 2. The van der Waals surface area contributed by atoms with Gasteiger partial charge in [-0.1, -0.05) is 13.8 Å². The molecule has 13 heavy (non-hydrogen) atoms. The van der Waals surface area contributed by atoms with Gasteiger partial charge in [-0.15, -0.1) is 0 Å². The Morgan fingerprint density at radius 2 is 2.00 bits per heavy atom. The average molecular weight is 182 g/mol. The third-order valence-corrected chi connectivity index (χ3v) is 2.82. The Morgan fingerprint density at radius 3 is 2.38 bits per heavy atom. The number of hydrogen-bond acceptors (Lipinski definition) is 3. The van der Waals surface area contributed by atoms with E-state index in [0.29, 0.717) is 5.92 Å².